The minimum Gasteiger partial charge on any atom is -0.381 e. The van der Waals surface area contributed by atoms with Crippen LogP contribution in [0.5, 0.6) is 0 Å². The minimum absolute atomic E-state index is 0. The molecule has 1 aliphatic carbocycles. The highest BCUT2D eigenvalue weighted by atomic mass is 35.5. The van der Waals surface area contributed by atoms with Gasteiger partial charge in [-0.1, -0.05) is 17.7 Å². The quantitative estimate of drug-likeness (QED) is 0.462. The molecule has 3 fully saturated rings. The number of carbonyl (C=O) groups excluding carboxylic acids is 1. The third-order valence-electron chi connectivity index (χ3n) is 7.98. The van der Waals surface area contributed by atoms with Crippen molar-refractivity contribution in [2.24, 2.45) is 0 Å². The molecule has 4 heterocycles. The van der Waals surface area contributed by atoms with Crippen LogP contribution in [-0.4, -0.2) is 75.0 Å². The monoisotopic (exact) mass is 588 g/mol. The van der Waals surface area contributed by atoms with Crippen LogP contribution in [0.1, 0.15) is 44.6 Å². The molecule has 12 heteroatoms. The zero-order valence-corrected chi connectivity index (χ0v) is 23.8. The summed E-state index contributed by atoms with van der Waals surface area (Å²) < 4.78 is 14.3. The summed E-state index contributed by atoms with van der Waals surface area (Å²) in [6.07, 6.45) is 8.92. The van der Waals surface area contributed by atoms with Gasteiger partial charge < -0.3 is 19.7 Å². The van der Waals surface area contributed by atoms with E-state index in [0.29, 0.717) is 54.4 Å². The number of morpholine rings is 1. The number of hydrogen-bond acceptors (Lipinski definition) is 7. The van der Waals surface area contributed by atoms with Crippen molar-refractivity contribution in [3.05, 3.63) is 58.2 Å². The molecule has 0 unspecified atom stereocenters. The molecular formula is C28H34Cl2N6O4. The van der Waals surface area contributed by atoms with Gasteiger partial charge in [-0.15, -0.1) is 12.4 Å². The van der Waals surface area contributed by atoms with Crippen LogP contribution < -0.4 is 11.0 Å². The molecule has 0 atom stereocenters. The fraction of sp³-hybridized carbons (Fsp3) is 0.500. The fourth-order valence-electron chi connectivity index (χ4n) is 5.94. The molecule has 1 aromatic carbocycles. The molecule has 0 bridgehead atoms. The van der Waals surface area contributed by atoms with Gasteiger partial charge in [-0.2, -0.15) is 0 Å². The number of aromatic nitrogens is 4. The number of nitrogens with one attached hydrogen (secondary N) is 1. The van der Waals surface area contributed by atoms with Crippen molar-refractivity contribution in [3.63, 3.8) is 0 Å². The van der Waals surface area contributed by atoms with Gasteiger partial charge in [0.2, 0.25) is 11.9 Å². The SMILES string of the molecule is Cl.O=C1COCCN1C1CCC(Nc2nccc(-c3cn(C4CCOCC4)c(=O)n3-c3cccc(Cl)c3)n2)CC1. The summed E-state index contributed by atoms with van der Waals surface area (Å²) in [5.74, 6) is 0.620. The fourth-order valence-corrected chi connectivity index (χ4v) is 6.12. The Labute approximate surface area is 244 Å². The molecule has 214 valence electrons. The lowest BCUT2D eigenvalue weighted by molar-refractivity contribution is -0.146. The standard InChI is InChI=1S/C28H33ClN6O4.ClH/c29-19-2-1-3-23(16-19)35-25(17-34(28(35)37)22-9-13-38-14-10-22)24-8-11-30-27(32-24)31-20-4-6-21(7-5-20)33-12-15-39-18-26(33)36;/h1-3,8,11,16-17,20-22H,4-7,9-10,12-15,18H2,(H,30,31,32);1H. The van der Waals surface area contributed by atoms with Crippen LogP contribution in [-0.2, 0) is 14.3 Å². The molecule has 2 aliphatic heterocycles. The van der Waals surface area contributed by atoms with Gasteiger partial charge in [-0.25, -0.2) is 14.8 Å². The predicted molar refractivity (Wildman–Crippen MR) is 155 cm³/mol. The van der Waals surface area contributed by atoms with Gasteiger partial charge in [0.1, 0.15) is 6.61 Å². The zero-order chi connectivity index (χ0) is 26.8. The van der Waals surface area contributed by atoms with Crippen molar-refractivity contribution in [1.29, 1.82) is 0 Å². The number of rotatable bonds is 6. The van der Waals surface area contributed by atoms with Crippen molar-refractivity contribution in [3.8, 4) is 17.1 Å². The Bertz CT molecular complexity index is 1380. The van der Waals surface area contributed by atoms with Gasteiger partial charge in [-0.3, -0.25) is 13.9 Å². The lowest BCUT2D eigenvalue weighted by Crippen LogP contribution is -2.49. The molecule has 0 radical (unpaired) electrons. The molecule has 3 aliphatic rings. The number of halogens is 2. The van der Waals surface area contributed by atoms with Crippen molar-refractivity contribution in [2.75, 3.05) is 38.3 Å². The average Bonchev–Trinajstić information content (AvgIpc) is 3.31. The third-order valence-corrected chi connectivity index (χ3v) is 8.21. The highest BCUT2D eigenvalue weighted by molar-refractivity contribution is 6.30. The first kappa shape index (κ1) is 28.6. The van der Waals surface area contributed by atoms with E-state index in [-0.39, 0.29) is 48.7 Å². The van der Waals surface area contributed by atoms with Gasteiger partial charge >= 0.3 is 5.69 Å². The topological polar surface area (TPSA) is 104 Å². The minimum atomic E-state index is -0.122. The first-order valence-corrected chi connectivity index (χ1v) is 14.1. The number of benzene rings is 1. The summed E-state index contributed by atoms with van der Waals surface area (Å²) in [4.78, 5) is 37.2. The summed E-state index contributed by atoms with van der Waals surface area (Å²) >= 11 is 6.30. The number of amides is 1. The first-order valence-electron chi connectivity index (χ1n) is 13.7. The van der Waals surface area contributed by atoms with Crippen LogP contribution in [0.2, 0.25) is 5.02 Å². The van der Waals surface area contributed by atoms with Crippen LogP contribution >= 0.6 is 24.0 Å². The maximum atomic E-state index is 13.7. The molecule has 6 rings (SSSR count). The Kier molecular flexibility index (Phi) is 9.10. The van der Waals surface area contributed by atoms with Gasteiger partial charge in [0, 0.05) is 55.3 Å². The summed E-state index contributed by atoms with van der Waals surface area (Å²) in [6.45, 7) is 2.75. The number of nitrogens with zero attached hydrogens (tertiary/aromatic N) is 5. The lowest BCUT2D eigenvalue weighted by Gasteiger charge is -2.38. The number of carbonyl (C=O) groups is 1. The lowest BCUT2D eigenvalue weighted by atomic mass is 9.90. The summed E-state index contributed by atoms with van der Waals surface area (Å²) in [5.41, 5.74) is 1.91. The van der Waals surface area contributed by atoms with Crippen LogP contribution in [0.4, 0.5) is 5.95 Å². The van der Waals surface area contributed by atoms with Crippen molar-refractivity contribution < 1.29 is 14.3 Å². The van der Waals surface area contributed by atoms with Gasteiger partial charge in [-0.05, 0) is 62.8 Å². The van der Waals surface area contributed by atoms with Crippen molar-refractivity contribution in [1.82, 2.24) is 24.0 Å². The number of imidazole rings is 1. The van der Waals surface area contributed by atoms with E-state index in [1.807, 2.05) is 33.9 Å². The largest absolute Gasteiger partial charge is 0.381 e. The highest BCUT2D eigenvalue weighted by Crippen LogP contribution is 2.29. The highest BCUT2D eigenvalue weighted by Gasteiger charge is 2.31. The van der Waals surface area contributed by atoms with Gasteiger partial charge in [0.25, 0.3) is 0 Å². The molecule has 1 saturated carbocycles. The van der Waals surface area contributed by atoms with Gasteiger partial charge in [0.05, 0.1) is 23.7 Å². The van der Waals surface area contributed by atoms with Crippen LogP contribution in [0.3, 0.4) is 0 Å². The van der Waals surface area contributed by atoms with E-state index in [0.717, 1.165) is 38.5 Å². The molecule has 2 saturated heterocycles. The Hall–Kier alpha value is -2.92. The second-order valence-corrected chi connectivity index (χ2v) is 10.9. The third kappa shape index (κ3) is 6.05. The van der Waals surface area contributed by atoms with Crippen molar-refractivity contribution in [2.45, 2.75) is 56.7 Å². The summed E-state index contributed by atoms with van der Waals surface area (Å²) in [7, 11) is 0. The van der Waals surface area contributed by atoms with E-state index < -0.39 is 0 Å². The normalized spacial score (nSPS) is 22.1. The van der Waals surface area contributed by atoms with Crippen LogP contribution in [0.15, 0.2) is 47.5 Å². The van der Waals surface area contributed by atoms with Crippen LogP contribution in [0.25, 0.3) is 17.1 Å². The second-order valence-electron chi connectivity index (χ2n) is 10.4. The average molecular weight is 590 g/mol. The molecule has 40 heavy (non-hydrogen) atoms. The number of anilines is 1. The summed E-state index contributed by atoms with van der Waals surface area (Å²) in [5, 5.41) is 4.06. The molecule has 1 N–H and O–H groups in total. The molecule has 2 aromatic heterocycles. The molecule has 3 aromatic rings. The van der Waals surface area contributed by atoms with E-state index in [1.54, 1.807) is 22.9 Å². The van der Waals surface area contributed by atoms with E-state index in [4.69, 9.17) is 26.1 Å². The maximum Gasteiger partial charge on any atom is 0.333 e. The Morgan fingerprint density at radius 1 is 0.950 bits per heavy atom. The summed E-state index contributed by atoms with van der Waals surface area (Å²) in [6, 6.07) is 9.68. The van der Waals surface area contributed by atoms with E-state index in [9.17, 15) is 9.59 Å². The zero-order valence-electron chi connectivity index (χ0n) is 22.2. The molecule has 1 amide bonds. The number of ether oxygens (including phenoxy) is 2. The van der Waals surface area contributed by atoms with E-state index in [2.05, 4.69) is 10.3 Å². The molecular weight excluding hydrogens is 555 g/mol. The molecule has 0 spiro atoms. The maximum absolute atomic E-state index is 13.7. The smallest absolute Gasteiger partial charge is 0.333 e. The predicted octanol–water partition coefficient (Wildman–Crippen LogP) is 4.10. The number of hydrogen-bond donors (Lipinski definition) is 1. The second kappa shape index (κ2) is 12.7. The van der Waals surface area contributed by atoms with Gasteiger partial charge in [0.15, 0.2) is 0 Å². The van der Waals surface area contributed by atoms with E-state index >= 15 is 0 Å². The molecule has 10 nitrogen and oxygen atoms in total. The Morgan fingerprint density at radius 2 is 1.75 bits per heavy atom. The van der Waals surface area contributed by atoms with Crippen LogP contribution in [0, 0.1) is 0 Å². The Morgan fingerprint density at radius 3 is 2.50 bits per heavy atom. The Balaban J connectivity index is 0.00000323. The first-order chi connectivity index (χ1) is 19.1. The van der Waals surface area contributed by atoms with E-state index in [1.165, 1.54) is 0 Å². The van der Waals surface area contributed by atoms with Crippen molar-refractivity contribution >= 4 is 35.9 Å².